The third-order valence-electron chi connectivity index (χ3n) is 2.33. The number of nitrogens with zero attached hydrogens (tertiary/aromatic N) is 1. The van der Waals surface area contributed by atoms with Crippen LogP contribution in [0.3, 0.4) is 0 Å². The summed E-state index contributed by atoms with van der Waals surface area (Å²) in [5.41, 5.74) is 1.28. The number of rotatable bonds is 2. The number of nitrogens with one attached hydrogen (secondary N) is 1. The van der Waals surface area contributed by atoms with Gasteiger partial charge in [-0.15, -0.1) is 0 Å². The zero-order valence-electron chi connectivity index (χ0n) is 7.56. The highest BCUT2D eigenvalue weighted by molar-refractivity contribution is 5.04. The van der Waals surface area contributed by atoms with Crippen molar-refractivity contribution < 1.29 is 0 Å². The zero-order valence-corrected chi connectivity index (χ0v) is 7.56. The maximum absolute atomic E-state index is 4.00. The topological polar surface area (TPSA) is 15.3 Å². The van der Waals surface area contributed by atoms with Crippen LogP contribution in [0.4, 0.5) is 0 Å². The van der Waals surface area contributed by atoms with Crippen LogP contribution in [0.5, 0.6) is 0 Å². The van der Waals surface area contributed by atoms with Crippen LogP contribution in [-0.4, -0.2) is 37.1 Å². The molecule has 0 unspecified atom stereocenters. The Labute approximate surface area is 69.3 Å². The second kappa shape index (κ2) is 3.88. The van der Waals surface area contributed by atoms with Crippen molar-refractivity contribution in [3.63, 3.8) is 0 Å². The van der Waals surface area contributed by atoms with Gasteiger partial charge in [-0.2, -0.15) is 0 Å². The van der Waals surface area contributed by atoms with Crippen molar-refractivity contribution in [1.29, 1.82) is 0 Å². The van der Waals surface area contributed by atoms with Gasteiger partial charge in [0.2, 0.25) is 0 Å². The molecule has 0 saturated carbocycles. The molecule has 0 aromatic carbocycles. The van der Waals surface area contributed by atoms with Crippen molar-refractivity contribution in [1.82, 2.24) is 10.2 Å². The van der Waals surface area contributed by atoms with Gasteiger partial charge in [-0.05, 0) is 13.5 Å². The van der Waals surface area contributed by atoms with E-state index in [-0.39, 0.29) is 0 Å². The van der Waals surface area contributed by atoms with Gasteiger partial charge in [0.1, 0.15) is 0 Å². The standard InChI is InChI=1S/C9H18N2/c1-4-11-6-5-10-7-9(11)8(2)3/h9-10H,2,4-7H2,1,3H3/t9-/m1/s1. The molecule has 0 aliphatic carbocycles. The van der Waals surface area contributed by atoms with Gasteiger partial charge < -0.3 is 5.32 Å². The Balaban J connectivity index is 2.51. The van der Waals surface area contributed by atoms with E-state index >= 15 is 0 Å². The second-order valence-corrected chi connectivity index (χ2v) is 3.19. The minimum Gasteiger partial charge on any atom is -0.314 e. The first-order valence-electron chi connectivity index (χ1n) is 4.36. The third kappa shape index (κ3) is 2.04. The molecule has 1 fully saturated rings. The summed E-state index contributed by atoms with van der Waals surface area (Å²) >= 11 is 0. The average Bonchev–Trinajstić information content (AvgIpc) is 2.04. The molecule has 1 N–H and O–H groups in total. The average molecular weight is 154 g/mol. The Morgan fingerprint density at radius 2 is 2.45 bits per heavy atom. The lowest BCUT2D eigenvalue weighted by molar-refractivity contribution is 0.195. The van der Waals surface area contributed by atoms with Gasteiger partial charge in [0.15, 0.2) is 0 Å². The minimum atomic E-state index is 0.564. The molecule has 1 aliphatic rings. The minimum absolute atomic E-state index is 0.564. The van der Waals surface area contributed by atoms with E-state index in [1.807, 2.05) is 0 Å². The normalized spacial score (nSPS) is 26.9. The molecule has 1 atom stereocenters. The van der Waals surface area contributed by atoms with Crippen LogP contribution >= 0.6 is 0 Å². The van der Waals surface area contributed by atoms with Crippen molar-refractivity contribution in [2.75, 3.05) is 26.2 Å². The summed E-state index contributed by atoms with van der Waals surface area (Å²) in [7, 11) is 0. The third-order valence-corrected chi connectivity index (χ3v) is 2.33. The smallest absolute Gasteiger partial charge is 0.0427 e. The molecule has 1 aliphatic heterocycles. The molecule has 0 spiro atoms. The molecule has 0 radical (unpaired) electrons. The van der Waals surface area contributed by atoms with Crippen LogP contribution in [0.25, 0.3) is 0 Å². The fourth-order valence-corrected chi connectivity index (χ4v) is 1.61. The molecule has 0 amide bonds. The van der Waals surface area contributed by atoms with E-state index in [2.05, 4.69) is 30.6 Å². The van der Waals surface area contributed by atoms with Crippen molar-refractivity contribution >= 4 is 0 Å². The van der Waals surface area contributed by atoms with Crippen LogP contribution in [-0.2, 0) is 0 Å². The highest BCUT2D eigenvalue weighted by Crippen LogP contribution is 2.09. The lowest BCUT2D eigenvalue weighted by Crippen LogP contribution is -2.51. The summed E-state index contributed by atoms with van der Waals surface area (Å²) < 4.78 is 0. The first-order chi connectivity index (χ1) is 5.25. The maximum atomic E-state index is 4.00. The van der Waals surface area contributed by atoms with Gasteiger partial charge in [-0.3, -0.25) is 4.90 Å². The van der Waals surface area contributed by atoms with Gasteiger partial charge in [0, 0.05) is 25.7 Å². The summed E-state index contributed by atoms with van der Waals surface area (Å²) in [5.74, 6) is 0. The molecule has 1 heterocycles. The number of piperazine rings is 1. The highest BCUT2D eigenvalue weighted by Gasteiger charge is 2.20. The first kappa shape index (κ1) is 8.75. The van der Waals surface area contributed by atoms with E-state index in [0.29, 0.717) is 6.04 Å². The SMILES string of the molecule is C=C(C)[C@H]1CNCCN1CC. The van der Waals surface area contributed by atoms with Gasteiger partial charge >= 0.3 is 0 Å². The van der Waals surface area contributed by atoms with Crippen molar-refractivity contribution in [2.24, 2.45) is 0 Å². The summed E-state index contributed by atoms with van der Waals surface area (Å²) in [6.45, 7) is 12.8. The molecular formula is C9H18N2. The molecule has 1 rings (SSSR count). The fourth-order valence-electron chi connectivity index (χ4n) is 1.61. The van der Waals surface area contributed by atoms with Crippen molar-refractivity contribution in [3.8, 4) is 0 Å². The van der Waals surface area contributed by atoms with Gasteiger partial charge in [0.25, 0.3) is 0 Å². The Morgan fingerprint density at radius 3 is 2.91 bits per heavy atom. The Kier molecular flexibility index (Phi) is 3.09. The zero-order chi connectivity index (χ0) is 8.27. The first-order valence-corrected chi connectivity index (χ1v) is 4.36. The summed E-state index contributed by atoms with van der Waals surface area (Å²) in [4.78, 5) is 2.47. The summed E-state index contributed by atoms with van der Waals surface area (Å²) in [5, 5.41) is 3.38. The largest absolute Gasteiger partial charge is 0.314 e. The Hall–Kier alpha value is -0.340. The second-order valence-electron chi connectivity index (χ2n) is 3.19. The van der Waals surface area contributed by atoms with E-state index in [4.69, 9.17) is 0 Å². The van der Waals surface area contributed by atoms with E-state index < -0.39 is 0 Å². The highest BCUT2D eigenvalue weighted by atomic mass is 15.2. The van der Waals surface area contributed by atoms with Crippen LogP contribution < -0.4 is 5.32 Å². The van der Waals surface area contributed by atoms with Gasteiger partial charge in [-0.25, -0.2) is 0 Å². The maximum Gasteiger partial charge on any atom is 0.0427 e. The lowest BCUT2D eigenvalue weighted by atomic mass is 10.1. The predicted molar refractivity (Wildman–Crippen MR) is 48.7 cm³/mol. The van der Waals surface area contributed by atoms with Crippen LogP contribution in [0.15, 0.2) is 12.2 Å². The lowest BCUT2D eigenvalue weighted by Gasteiger charge is -2.35. The van der Waals surface area contributed by atoms with Crippen LogP contribution in [0, 0.1) is 0 Å². The van der Waals surface area contributed by atoms with Crippen molar-refractivity contribution in [2.45, 2.75) is 19.9 Å². The predicted octanol–water partition coefficient (Wildman–Crippen LogP) is 0.856. The number of hydrogen-bond acceptors (Lipinski definition) is 2. The van der Waals surface area contributed by atoms with Gasteiger partial charge in [-0.1, -0.05) is 19.1 Å². The van der Waals surface area contributed by atoms with Crippen LogP contribution in [0.2, 0.25) is 0 Å². The van der Waals surface area contributed by atoms with E-state index in [1.165, 1.54) is 5.57 Å². The van der Waals surface area contributed by atoms with E-state index in [0.717, 1.165) is 26.2 Å². The fraction of sp³-hybridized carbons (Fsp3) is 0.778. The number of hydrogen-bond donors (Lipinski definition) is 1. The van der Waals surface area contributed by atoms with Crippen LogP contribution in [0.1, 0.15) is 13.8 Å². The van der Waals surface area contributed by atoms with Crippen molar-refractivity contribution in [3.05, 3.63) is 12.2 Å². The molecule has 0 aromatic rings. The van der Waals surface area contributed by atoms with Gasteiger partial charge in [0.05, 0.1) is 0 Å². The molecule has 11 heavy (non-hydrogen) atoms. The molecular weight excluding hydrogens is 136 g/mol. The number of likely N-dealkylation sites (N-methyl/N-ethyl adjacent to an activating group) is 1. The monoisotopic (exact) mass is 154 g/mol. The van der Waals surface area contributed by atoms with E-state index in [1.54, 1.807) is 0 Å². The summed E-state index contributed by atoms with van der Waals surface area (Å²) in [6.07, 6.45) is 0. The summed E-state index contributed by atoms with van der Waals surface area (Å²) in [6, 6.07) is 0.564. The Morgan fingerprint density at radius 1 is 1.73 bits per heavy atom. The van der Waals surface area contributed by atoms with E-state index in [9.17, 15) is 0 Å². The molecule has 0 aromatic heterocycles. The molecule has 2 heteroatoms. The Bertz CT molecular complexity index is 142. The quantitative estimate of drug-likeness (QED) is 0.593. The molecule has 2 nitrogen and oxygen atoms in total. The molecule has 0 bridgehead atoms. The molecule has 1 saturated heterocycles. The molecule has 64 valence electrons.